The van der Waals surface area contributed by atoms with E-state index in [0.717, 1.165) is 10.6 Å². The first kappa shape index (κ1) is 10.1. The van der Waals surface area contributed by atoms with Crippen molar-refractivity contribution in [2.24, 2.45) is 0 Å². The fourth-order valence-electron chi connectivity index (χ4n) is 2.18. The Morgan fingerprint density at radius 2 is 2.19 bits per heavy atom. The summed E-state index contributed by atoms with van der Waals surface area (Å²) in [5, 5.41) is 4.64. The molecule has 1 aliphatic carbocycles. The first-order valence-corrected chi connectivity index (χ1v) is 6.62. The fourth-order valence-corrected chi connectivity index (χ4v) is 3.29. The summed E-state index contributed by atoms with van der Waals surface area (Å²) in [5.41, 5.74) is 2.71. The van der Waals surface area contributed by atoms with Gasteiger partial charge in [0, 0.05) is 5.54 Å². The summed E-state index contributed by atoms with van der Waals surface area (Å²) in [6, 6.07) is 6.44. The third kappa shape index (κ3) is 1.69. The van der Waals surface area contributed by atoms with Gasteiger partial charge in [-0.3, -0.25) is 0 Å². The van der Waals surface area contributed by atoms with Crippen LogP contribution in [-0.4, -0.2) is 10.5 Å². The third-order valence-corrected chi connectivity index (χ3v) is 4.34. The quantitative estimate of drug-likeness (QED) is 0.847. The van der Waals surface area contributed by atoms with Crippen LogP contribution in [0.1, 0.15) is 31.7 Å². The van der Waals surface area contributed by atoms with Gasteiger partial charge < -0.3 is 5.32 Å². The SMILES string of the molecule is Cc1ccc2nc(NC3(C)CCC3)sc2c1. The van der Waals surface area contributed by atoms with Crippen molar-refractivity contribution < 1.29 is 0 Å². The van der Waals surface area contributed by atoms with E-state index in [4.69, 9.17) is 0 Å². The van der Waals surface area contributed by atoms with E-state index in [2.05, 4.69) is 42.3 Å². The zero-order valence-electron chi connectivity index (χ0n) is 9.71. The van der Waals surface area contributed by atoms with Gasteiger partial charge in [-0.25, -0.2) is 4.98 Å². The molecule has 0 spiro atoms. The second kappa shape index (κ2) is 3.45. The smallest absolute Gasteiger partial charge is 0.184 e. The van der Waals surface area contributed by atoms with E-state index in [9.17, 15) is 0 Å². The summed E-state index contributed by atoms with van der Waals surface area (Å²) in [6.45, 7) is 4.41. The van der Waals surface area contributed by atoms with Crippen LogP contribution in [0.5, 0.6) is 0 Å². The first-order chi connectivity index (χ1) is 7.65. The van der Waals surface area contributed by atoms with Crippen LogP contribution >= 0.6 is 11.3 Å². The van der Waals surface area contributed by atoms with Crippen LogP contribution in [0.15, 0.2) is 18.2 Å². The summed E-state index contributed by atoms with van der Waals surface area (Å²) in [5.74, 6) is 0. The molecule has 0 saturated heterocycles. The maximum atomic E-state index is 4.63. The average molecular weight is 232 g/mol. The standard InChI is InChI=1S/C13H16N2S/c1-9-4-5-10-11(8-9)16-12(14-10)15-13(2)6-3-7-13/h4-5,8H,3,6-7H2,1-2H3,(H,14,15). The van der Waals surface area contributed by atoms with Crippen molar-refractivity contribution in [2.75, 3.05) is 5.32 Å². The summed E-state index contributed by atoms with van der Waals surface area (Å²) in [7, 11) is 0. The number of hydrogen-bond acceptors (Lipinski definition) is 3. The van der Waals surface area contributed by atoms with Crippen molar-refractivity contribution in [3.63, 3.8) is 0 Å². The molecule has 0 unspecified atom stereocenters. The van der Waals surface area contributed by atoms with E-state index in [1.165, 1.54) is 29.5 Å². The monoisotopic (exact) mass is 232 g/mol. The molecule has 0 radical (unpaired) electrons. The Morgan fingerprint density at radius 3 is 2.88 bits per heavy atom. The van der Waals surface area contributed by atoms with Crippen LogP contribution in [0.4, 0.5) is 5.13 Å². The Bertz CT molecular complexity index is 526. The highest BCUT2D eigenvalue weighted by molar-refractivity contribution is 7.22. The Hall–Kier alpha value is -1.09. The molecule has 0 aliphatic heterocycles. The molecule has 1 fully saturated rings. The number of nitrogens with zero attached hydrogens (tertiary/aromatic N) is 1. The molecule has 1 aromatic carbocycles. The van der Waals surface area contributed by atoms with Gasteiger partial charge in [0.05, 0.1) is 10.2 Å². The van der Waals surface area contributed by atoms with Crippen LogP contribution in [0, 0.1) is 6.92 Å². The van der Waals surface area contributed by atoms with Crippen LogP contribution in [-0.2, 0) is 0 Å². The molecule has 1 N–H and O–H groups in total. The predicted molar refractivity (Wildman–Crippen MR) is 70.2 cm³/mol. The Balaban J connectivity index is 1.93. The first-order valence-electron chi connectivity index (χ1n) is 5.80. The second-order valence-electron chi connectivity index (χ2n) is 5.03. The molecule has 1 saturated carbocycles. The largest absolute Gasteiger partial charge is 0.356 e. The third-order valence-electron chi connectivity index (χ3n) is 3.41. The molecule has 0 atom stereocenters. The molecule has 1 aromatic heterocycles. The molecule has 3 rings (SSSR count). The van der Waals surface area contributed by atoms with Crippen molar-refractivity contribution in [1.29, 1.82) is 0 Å². The maximum Gasteiger partial charge on any atom is 0.184 e. The summed E-state index contributed by atoms with van der Waals surface area (Å²) in [4.78, 5) is 4.63. The second-order valence-corrected chi connectivity index (χ2v) is 6.06. The average Bonchev–Trinajstić information content (AvgIpc) is 2.56. The molecular weight excluding hydrogens is 216 g/mol. The van der Waals surface area contributed by atoms with Gasteiger partial charge >= 0.3 is 0 Å². The predicted octanol–water partition coefficient (Wildman–Crippen LogP) is 3.96. The minimum Gasteiger partial charge on any atom is -0.356 e. The van der Waals surface area contributed by atoms with Crippen molar-refractivity contribution in [3.8, 4) is 0 Å². The van der Waals surface area contributed by atoms with Gasteiger partial charge in [-0.15, -0.1) is 0 Å². The van der Waals surface area contributed by atoms with Crippen molar-refractivity contribution in [1.82, 2.24) is 4.98 Å². The minimum atomic E-state index is 0.295. The molecule has 3 heteroatoms. The van der Waals surface area contributed by atoms with Gasteiger partial charge in [0.25, 0.3) is 0 Å². The normalized spacial score (nSPS) is 18.4. The molecule has 16 heavy (non-hydrogen) atoms. The van der Waals surface area contributed by atoms with Gasteiger partial charge in [-0.05, 0) is 50.8 Å². The van der Waals surface area contributed by atoms with E-state index in [1.54, 1.807) is 11.3 Å². The highest BCUT2D eigenvalue weighted by Gasteiger charge is 2.32. The highest BCUT2D eigenvalue weighted by atomic mass is 32.1. The minimum absolute atomic E-state index is 0.295. The van der Waals surface area contributed by atoms with Gasteiger partial charge in [-0.2, -0.15) is 0 Å². The lowest BCUT2D eigenvalue weighted by molar-refractivity contribution is 0.306. The van der Waals surface area contributed by atoms with E-state index in [0.29, 0.717) is 5.54 Å². The molecule has 84 valence electrons. The van der Waals surface area contributed by atoms with E-state index >= 15 is 0 Å². The van der Waals surface area contributed by atoms with E-state index in [1.807, 2.05) is 0 Å². The topological polar surface area (TPSA) is 24.9 Å². The number of anilines is 1. The van der Waals surface area contributed by atoms with Crippen LogP contribution in [0.3, 0.4) is 0 Å². The number of fused-ring (bicyclic) bond motifs is 1. The molecule has 2 nitrogen and oxygen atoms in total. The van der Waals surface area contributed by atoms with Crippen molar-refractivity contribution >= 4 is 26.7 Å². The Morgan fingerprint density at radius 1 is 1.38 bits per heavy atom. The summed E-state index contributed by atoms with van der Waals surface area (Å²) in [6.07, 6.45) is 3.87. The molecular formula is C13H16N2S. The van der Waals surface area contributed by atoms with Crippen LogP contribution in [0.2, 0.25) is 0 Å². The highest BCUT2D eigenvalue weighted by Crippen LogP contribution is 2.37. The molecule has 1 aliphatic rings. The van der Waals surface area contributed by atoms with E-state index < -0.39 is 0 Å². The number of aryl methyl sites for hydroxylation is 1. The number of thiazole rings is 1. The maximum absolute atomic E-state index is 4.63. The van der Waals surface area contributed by atoms with Crippen molar-refractivity contribution in [3.05, 3.63) is 23.8 Å². The zero-order chi connectivity index (χ0) is 11.2. The molecule has 1 heterocycles. The number of aromatic nitrogens is 1. The lowest BCUT2D eigenvalue weighted by atomic mass is 9.79. The number of benzene rings is 1. The Kier molecular flexibility index (Phi) is 2.18. The number of rotatable bonds is 2. The Labute approximate surface area is 99.7 Å². The number of nitrogens with one attached hydrogen (secondary N) is 1. The number of hydrogen-bond donors (Lipinski definition) is 1. The molecule has 0 bridgehead atoms. The van der Waals surface area contributed by atoms with Gasteiger partial charge in [0.2, 0.25) is 0 Å². The van der Waals surface area contributed by atoms with Crippen LogP contribution in [0.25, 0.3) is 10.2 Å². The van der Waals surface area contributed by atoms with Crippen molar-refractivity contribution in [2.45, 2.75) is 38.6 Å². The van der Waals surface area contributed by atoms with E-state index in [-0.39, 0.29) is 0 Å². The van der Waals surface area contributed by atoms with Gasteiger partial charge in [0.15, 0.2) is 5.13 Å². The summed E-state index contributed by atoms with van der Waals surface area (Å²) >= 11 is 1.77. The molecule has 0 amide bonds. The summed E-state index contributed by atoms with van der Waals surface area (Å²) < 4.78 is 1.28. The molecule has 2 aromatic rings. The lowest BCUT2D eigenvalue weighted by Crippen LogP contribution is -2.41. The fraction of sp³-hybridized carbons (Fsp3) is 0.462. The lowest BCUT2D eigenvalue weighted by Gasteiger charge is -2.39. The van der Waals surface area contributed by atoms with Gasteiger partial charge in [0.1, 0.15) is 0 Å². The van der Waals surface area contributed by atoms with Crippen LogP contribution < -0.4 is 5.32 Å². The van der Waals surface area contributed by atoms with Gasteiger partial charge in [-0.1, -0.05) is 17.4 Å². The zero-order valence-corrected chi connectivity index (χ0v) is 10.5.